The van der Waals surface area contributed by atoms with Crippen LogP contribution in [0.3, 0.4) is 0 Å². The summed E-state index contributed by atoms with van der Waals surface area (Å²) in [5.74, 6) is 1.37. The lowest BCUT2D eigenvalue weighted by atomic mass is 9.77. The summed E-state index contributed by atoms with van der Waals surface area (Å²) < 4.78 is 0. The van der Waals surface area contributed by atoms with Gasteiger partial charge in [0.15, 0.2) is 0 Å². The smallest absolute Gasteiger partial charge is 0.115 e. The fourth-order valence-corrected chi connectivity index (χ4v) is 3.30. The number of phenols is 2. The predicted octanol–water partition coefficient (Wildman–Crippen LogP) is 4.50. The number of hydrogen-bond acceptors (Lipinski definition) is 3. The summed E-state index contributed by atoms with van der Waals surface area (Å²) in [5.41, 5.74) is 8.14. The summed E-state index contributed by atoms with van der Waals surface area (Å²) in [6.45, 7) is 2.92. The van der Waals surface area contributed by atoms with Crippen molar-refractivity contribution >= 4 is 0 Å². The molecule has 0 unspecified atom stereocenters. The molecule has 0 bridgehead atoms. The monoisotopic (exact) mass is 313 g/mol. The van der Waals surface area contributed by atoms with Gasteiger partial charge < -0.3 is 15.9 Å². The van der Waals surface area contributed by atoms with Gasteiger partial charge in [-0.05, 0) is 73.0 Å². The maximum absolute atomic E-state index is 9.55. The first kappa shape index (κ1) is 17.4. The van der Waals surface area contributed by atoms with Crippen LogP contribution in [0.4, 0.5) is 0 Å². The van der Waals surface area contributed by atoms with Gasteiger partial charge in [-0.15, -0.1) is 0 Å². The third kappa shape index (κ3) is 4.73. The SMILES string of the molecule is CC[C@H](c1ccc(O)cc1)[C@@H](CCCCN)c1ccc(O)cc1. The molecule has 0 aliphatic carbocycles. The molecule has 0 aliphatic heterocycles. The van der Waals surface area contributed by atoms with Crippen LogP contribution in [0.1, 0.15) is 55.6 Å². The van der Waals surface area contributed by atoms with Crippen molar-refractivity contribution in [2.45, 2.75) is 44.4 Å². The Morgan fingerprint density at radius 2 is 1.26 bits per heavy atom. The highest BCUT2D eigenvalue weighted by atomic mass is 16.3. The molecule has 23 heavy (non-hydrogen) atoms. The molecule has 2 atom stereocenters. The van der Waals surface area contributed by atoms with Gasteiger partial charge in [-0.3, -0.25) is 0 Å². The molecule has 0 aromatic heterocycles. The van der Waals surface area contributed by atoms with Crippen LogP contribution in [0.25, 0.3) is 0 Å². The minimum Gasteiger partial charge on any atom is -0.508 e. The molecular formula is C20H27NO2. The van der Waals surface area contributed by atoms with Crippen molar-refractivity contribution in [2.75, 3.05) is 6.54 Å². The van der Waals surface area contributed by atoms with Crippen LogP contribution >= 0.6 is 0 Å². The quantitative estimate of drug-likeness (QED) is 0.628. The van der Waals surface area contributed by atoms with E-state index in [2.05, 4.69) is 6.92 Å². The Labute approximate surface area is 138 Å². The molecule has 2 aromatic rings. The third-order valence-corrected chi connectivity index (χ3v) is 4.54. The van der Waals surface area contributed by atoms with Crippen molar-refractivity contribution in [3.05, 3.63) is 59.7 Å². The van der Waals surface area contributed by atoms with E-state index in [1.165, 1.54) is 11.1 Å². The predicted molar refractivity (Wildman–Crippen MR) is 94.9 cm³/mol. The molecule has 0 spiro atoms. The number of rotatable bonds is 8. The van der Waals surface area contributed by atoms with E-state index in [0.717, 1.165) is 32.2 Å². The Morgan fingerprint density at radius 3 is 1.70 bits per heavy atom. The topological polar surface area (TPSA) is 66.5 Å². The zero-order valence-electron chi connectivity index (χ0n) is 13.8. The maximum atomic E-state index is 9.55. The Hall–Kier alpha value is -2.00. The molecule has 0 fully saturated rings. The van der Waals surface area contributed by atoms with E-state index in [4.69, 9.17) is 5.73 Å². The zero-order chi connectivity index (χ0) is 16.7. The van der Waals surface area contributed by atoms with Crippen LogP contribution in [-0.2, 0) is 0 Å². The van der Waals surface area contributed by atoms with Crippen molar-refractivity contribution < 1.29 is 10.2 Å². The van der Waals surface area contributed by atoms with E-state index in [-0.39, 0.29) is 0 Å². The second-order valence-electron chi connectivity index (χ2n) is 6.09. The highest BCUT2D eigenvalue weighted by molar-refractivity contribution is 5.34. The molecule has 0 aliphatic rings. The lowest BCUT2D eigenvalue weighted by molar-refractivity contribution is 0.461. The lowest BCUT2D eigenvalue weighted by Crippen LogP contribution is -2.12. The summed E-state index contributed by atoms with van der Waals surface area (Å²) in [6, 6.07) is 15.1. The zero-order valence-corrected chi connectivity index (χ0v) is 13.8. The van der Waals surface area contributed by atoms with Crippen LogP contribution in [0, 0.1) is 0 Å². The fourth-order valence-electron chi connectivity index (χ4n) is 3.30. The van der Waals surface area contributed by atoms with Crippen molar-refractivity contribution in [1.82, 2.24) is 0 Å². The van der Waals surface area contributed by atoms with Gasteiger partial charge in [-0.1, -0.05) is 37.6 Å². The molecule has 0 heterocycles. The van der Waals surface area contributed by atoms with Gasteiger partial charge in [0.1, 0.15) is 11.5 Å². The molecule has 0 saturated carbocycles. The second-order valence-corrected chi connectivity index (χ2v) is 6.09. The van der Waals surface area contributed by atoms with Gasteiger partial charge >= 0.3 is 0 Å². The van der Waals surface area contributed by atoms with Gasteiger partial charge in [-0.25, -0.2) is 0 Å². The van der Waals surface area contributed by atoms with Gasteiger partial charge in [0, 0.05) is 0 Å². The van der Waals surface area contributed by atoms with Gasteiger partial charge in [0.25, 0.3) is 0 Å². The number of hydrogen-bond donors (Lipinski definition) is 3. The number of nitrogens with two attached hydrogens (primary N) is 1. The van der Waals surface area contributed by atoms with Gasteiger partial charge in [0.2, 0.25) is 0 Å². The minimum atomic E-state index is 0.298. The van der Waals surface area contributed by atoms with Crippen LogP contribution in [0.5, 0.6) is 11.5 Å². The normalized spacial score (nSPS) is 13.7. The lowest BCUT2D eigenvalue weighted by Gasteiger charge is -2.27. The van der Waals surface area contributed by atoms with Crippen molar-refractivity contribution in [1.29, 1.82) is 0 Å². The van der Waals surface area contributed by atoms with Crippen LogP contribution < -0.4 is 5.73 Å². The molecule has 2 aromatic carbocycles. The van der Waals surface area contributed by atoms with Crippen molar-refractivity contribution in [3.8, 4) is 11.5 Å². The maximum Gasteiger partial charge on any atom is 0.115 e. The van der Waals surface area contributed by atoms with E-state index in [9.17, 15) is 10.2 Å². The van der Waals surface area contributed by atoms with Crippen LogP contribution in [0.15, 0.2) is 48.5 Å². The molecule has 124 valence electrons. The fraction of sp³-hybridized carbons (Fsp3) is 0.400. The number of phenolic OH excluding ortho intramolecular Hbond substituents is 2. The van der Waals surface area contributed by atoms with E-state index in [0.29, 0.717) is 23.3 Å². The summed E-state index contributed by atoms with van der Waals surface area (Å²) >= 11 is 0. The Bertz CT molecular complexity index is 578. The molecule has 2 rings (SSSR count). The number of unbranched alkanes of at least 4 members (excludes halogenated alkanes) is 1. The van der Waals surface area contributed by atoms with E-state index >= 15 is 0 Å². The van der Waals surface area contributed by atoms with E-state index in [1.54, 1.807) is 24.3 Å². The molecule has 0 radical (unpaired) electrons. The van der Waals surface area contributed by atoms with Gasteiger partial charge in [0.05, 0.1) is 0 Å². The molecule has 3 nitrogen and oxygen atoms in total. The van der Waals surface area contributed by atoms with Crippen LogP contribution in [-0.4, -0.2) is 16.8 Å². The molecular weight excluding hydrogens is 286 g/mol. The Kier molecular flexibility index (Phi) is 6.48. The van der Waals surface area contributed by atoms with Crippen LogP contribution in [0.2, 0.25) is 0 Å². The Balaban J connectivity index is 2.29. The van der Waals surface area contributed by atoms with Crippen molar-refractivity contribution in [3.63, 3.8) is 0 Å². The highest BCUT2D eigenvalue weighted by Crippen LogP contribution is 2.39. The summed E-state index contributed by atoms with van der Waals surface area (Å²) in [4.78, 5) is 0. The molecule has 3 heteroatoms. The summed E-state index contributed by atoms with van der Waals surface area (Å²) in [6.07, 6.45) is 4.22. The van der Waals surface area contributed by atoms with Crippen molar-refractivity contribution in [2.24, 2.45) is 5.73 Å². The largest absolute Gasteiger partial charge is 0.508 e. The minimum absolute atomic E-state index is 0.298. The summed E-state index contributed by atoms with van der Waals surface area (Å²) in [5, 5.41) is 19.1. The second kappa shape index (κ2) is 8.59. The van der Waals surface area contributed by atoms with E-state index in [1.807, 2.05) is 24.3 Å². The van der Waals surface area contributed by atoms with Gasteiger partial charge in [-0.2, -0.15) is 0 Å². The first-order chi connectivity index (χ1) is 11.2. The first-order valence-corrected chi connectivity index (χ1v) is 8.43. The average Bonchev–Trinajstić information content (AvgIpc) is 2.57. The highest BCUT2D eigenvalue weighted by Gasteiger charge is 2.23. The molecule has 0 amide bonds. The Morgan fingerprint density at radius 1 is 0.783 bits per heavy atom. The molecule has 4 N–H and O–H groups in total. The first-order valence-electron chi connectivity index (χ1n) is 8.43. The third-order valence-electron chi connectivity index (χ3n) is 4.54. The van der Waals surface area contributed by atoms with E-state index < -0.39 is 0 Å². The molecule has 0 saturated heterocycles. The number of aromatic hydroxyl groups is 2. The summed E-state index contributed by atoms with van der Waals surface area (Å²) in [7, 11) is 0. The standard InChI is InChI=1S/C20H27NO2/c1-2-19(15-6-10-17(22)11-7-15)20(5-3-4-14-21)16-8-12-18(23)13-9-16/h6-13,19-20,22-23H,2-5,14,21H2,1H3/t19-,20+/m1/s1. The number of benzene rings is 2. The average molecular weight is 313 g/mol.